The average molecular weight is 478 g/mol. The first-order chi connectivity index (χ1) is 15.5. The Labute approximate surface area is 195 Å². The van der Waals surface area contributed by atoms with Crippen molar-refractivity contribution in [1.82, 2.24) is 14.1 Å². The second kappa shape index (κ2) is 9.66. The molecule has 33 heavy (non-hydrogen) atoms. The third-order valence-corrected chi connectivity index (χ3v) is 8.21. The number of hydrogen-bond acceptors (Lipinski definition) is 6. The van der Waals surface area contributed by atoms with Crippen LogP contribution in [-0.2, 0) is 19.6 Å². The molecule has 3 rings (SSSR count). The van der Waals surface area contributed by atoms with Crippen molar-refractivity contribution >= 4 is 22.1 Å². The Balaban J connectivity index is 1.62. The molecule has 0 saturated carbocycles. The number of carboxylic acid groups (broad SMARTS) is 1. The molecule has 1 aliphatic carbocycles. The molecule has 1 fully saturated rings. The zero-order valence-corrected chi connectivity index (χ0v) is 20.2. The van der Waals surface area contributed by atoms with Crippen LogP contribution in [0.25, 0.3) is 0 Å². The number of benzene rings is 1. The minimum absolute atomic E-state index is 0.193. The first kappa shape index (κ1) is 24.9. The number of likely N-dealkylation sites (N-methyl/N-ethyl adjacent to an activating group) is 1. The summed E-state index contributed by atoms with van der Waals surface area (Å²) in [4.78, 5) is 27.8. The van der Waals surface area contributed by atoms with Gasteiger partial charge in [-0.25, -0.2) is 13.2 Å². The van der Waals surface area contributed by atoms with Gasteiger partial charge in [0.2, 0.25) is 10.0 Å². The Morgan fingerprint density at radius 1 is 1.15 bits per heavy atom. The van der Waals surface area contributed by atoms with Gasteiger partial charge in [-0.2, -0.15) is 4.31 Å². The lowest BCUT2D eigenvalue weighted by atomic mass is 9.76. The van der Waals surface area contributed by atoms with Crippen molar-refractivity contribution in [2.24, 2.45) is 5.41 Å². The molecule has 9 nitrogen and oxygen atoms in total. The summed E-state index contributed by atoms with van der Waals surface area (Å²) in [6.07, 6.45) is 5.13. The van der Waals surface area contributed by atoms with Crippen molar-refractivity contribution in [3.05, 3.63) is 54.1 Å². The van der Waals surface area contributed by atoms with Crippen LogP contribution in [0, 0.1) is 12.3 Å². The molecular formula is C23H31N3O6S. The molecule has 1 aliphatic heterocycles. The van der Waals surface area contributed by atoms with Crippen LogP contribution >= 0.6 is 0 Å². The predicted octanol–water partition coefficient (Wildman–Crippen LogP) is 1.95. The van der Waals surface area contributed by atoms with Gasteiger partial charge in [-0.05, 0) is 38.1 Å². The lowest BCUT2D eigenvalue weighted by molar-refractivity contribution is -0.151. The zero-order valence-electron chi connectivity index (χ0n) is 19.3. The summed E-state index contributed by atoms with van der Waals surface area (Å²) >= 11 is 0. The number of rotatable bonds is 8. The lowest BCUT2D eigenvalue weighted by Gasteiger charge is -2.45. The summed E-state index contributed by atoms with van der Waals surface area (Å²) < 4.78 is 32.6. The number of sulfonamides is 1. The molecule has 1 aromatic carbocycles. The van der Waals surface area contributed by atoms with E-state index in [1.54, 1.807) is 55.6 Å². The zero-order chi connectivity index (χ0) is 24.4. The maximum atomic E-state index is 12.9. The number of allylic oxidation sites excluding steroid dienone is 2. The molecule has 0 radical (unpaired) electrons. The van der Waals surface area contributed by atoms with Gasteiger partial charge >= 0.3 is 12.1 Å². The van der Waals surface area contributed by atoms with Crippen molar-refractivity contribution in [2.75, 3.05) is 40.8 Å². The molecule has 0 bridgehead atoms. The Bertz CT molecular complexity index is 1040. The van der Waals surface area contributed by atoms with Crippen LogP contribution in [0.5, 0.6) is 0 Å². The maximum Gasteiger partial charge on any atom is 0.409 e. The number of ether oxygens (including phenoxy) is 1. The number of aryl methyl sites for hydroxylation is 1. The average Bonchev–Trinajstić information content (AvgIpc) is 2.73. The van der Waals surface area contributed by atoms with E-state index in [9.17, 15) is 23.1 Å². The van der Waals surface area contributed by atoms with Gasteiger partial charge in [0.05, 0.1) is 10.9 Å². The van der Waals surface area contributed by atoms with Crippen LogP contribution in [0.2, 0.25) is 0 Å². The molecule has 2 aliphatic rings. The number of aliphatic carboxylic acids is 1. The SMILES string of the molecule is Cc1ccc(S(=O)(=O)N(C)C2CN(CCC3(C(=O)O)C=CC=CC3OC(=O)N(C)C)C2)cc1. The van der Waals surface area contributed by atoms with Crippen molar-refractivity contribution < 1.29 is 27.9 Å². The summed E-state index contributed by atoms with van der Waals surface area (Å²) in [6, 6.07) is 6.55. The minimum Gasteiger partial charge on any atom is -0.480 e. The standard InChI is InChI=1S/C23H31N3O6S/c1-17-8-10-19(11-9-17)33(30,31)25(4)18-15-26(16-18)14-13-23(21(27)28)12-6-5-7-20(23)32-22(29)24(2)3/h5-12,18,20H,13-16H2,1-4H3,(H,27,28). The van der Waals surface area contributed by atoms with Crippen LogP contribution in [0.4, 0.5) is 4.79 Å². The summed E-state index contributed by atoms with van der Waals surface area (Å²) in [7, 11) is 1.04. The van der Waals surface area contributed by atoms with Gasteiger partial charge in [0.15, 0.2) is 0 Å². The number of nitrogens with zero attached hydrogens (tertiary/aromatic N) is 3. The number of likely N-dealkylation sites (tertiary alicyclic amines) is 1. The summed E-state index contributed by atoms with van der Waals surface area (Å²) in [5.41, 5.74) is -0.397. The highest BCUT2D eigenvalue weighted by atomic mass is 32.2. The van der Waals surface area contributed by atoms with E-state index in [0.29, 0.717) is 19.6 Å². The Morgan fingerprint density at radius 3 is 2.36 bits per heavy atom. The van der Waals surface area contributed by atoms with Gasteiger partial charge in [-0.15, -0.1) is 0 Å². The molecule has 1 aromatic rings. The smallest absolute Gasteiger partial charge is 0.409 e. The molecule has 2 unspecified atom stereocenters. The van der Waals surface area contributed by atoms with Gasteiger partial charge in [-0.3, -0.25) is 9.69 Å². The van der Waals surface area contributed by atoms with Gasteiger partial charge in [0.1, 0.15) is 11.5 Å². The fourth-order valence-electron chi connectivity index (χ4n) is 3.91. The highest BCUT2D eigenvalue weighted by Crippen LogP contribution is 2.36. The number of carboxylic acids is 1. The normalized spacial score (nSPS) is 23.4. The van der Waals surface area contributed by atoms with E-state index in [2.05, 4.69) is 0 Å². The van der Waals surface area contributed by atoms with Crippen LogP contribution in [0.15, 0.2) is 53.5 Å². The largest absolute Gasteiger partial charge is 0.480 e. The Morgan fingerprint density at radius 2 is 1.79 bits per heavy atom. The second-order valence-corrected chi connectivity index (χ2v) is 10.8. The molecule has 1 saturated heterocycles. The molecule has 1 N–H and O–H groups in total. The Kier molecular flexibility index (Phi) is 7.30. The fourth-order valence-corrected chi connectivity index (χ4v) is 5.25. The van der Waals surface area contributed by atoms with E-state index >= 15 is 0 Å². The highest BCUT2D eigenvalue weighted by Gasteiger charge is 2.47. The fraction of sp³-hybridized carbons (Fsp3) is 0.478. The molecule has 1 heterocycles. The van der Waals surface area contributed by atoms with Crippen LogP contribution in [-0.4, -0.2) is 92.6 Å². The molecule has 10 heteroatoms. The number of carbonyl (C=O) groups excluding carboxylic acids is 1. The van der Waals surface area contributed by atoms with Crippen LogP contribution in [0.3, 0.4) is 0 Å². The predicted molar refractivity (Wildman–Crippen MR) is 123 cm³/mol. The van der Waals surface area contributed by atoms with E-state index < -0.39 is 33.6 Å². The number of amides is 1. The second-order valence-electron chi connectivity index (χ2n) is 8.79. The number of carbonyl (C=O) groups is 2. The molecule has 1 amide bonds. The van der Waals surface area contributed by atoms with Crippen molar-refractivity contribution in [2.45, 2.75) is 30.4 Å². The molecular weight excluding hydrogens is 446 g/mol. The monoisotopic (exact) mass is 477 g/mol. The van der Waals surface area contributed by atoms with E-state index in [-0.39, 0.29) is 17.4 Å². The maximum absolute atomic E-state index is 12.9. The summed E-state index contributed by atoms with van der Waals surface area (Å²) in [5, 5.41) is 10.0. The van der Waals surface area contributed by atoms with E-state index in [1.807, 2.05) is 11.8 Å². The number of hydrogen-bond donors (Lipinski definition) is 1. The van der Waals surface area contributed by atoms with Gasteiger partial charge in [-0.1, -0.05) is 35.9 Å². The van der Waals surface area contributed by atoms with Gasteiger partial charge in [0.25, 0.3) is 0 Å². The van der Waals surface area contributed by atoms with E-state index in [1.165, 1.54) is 23.3 Å². The van der Waals surface area contributed by atoms with Gasteiger partial charge in [0, 0.05) is 34.2 Å². The molecule has 180 valence electrons. The lowest BCUT2D eigenvalue weighted by Crippen LogP contribution is -2.60. The van der Waals surface area contributed by atoms with Crippen molar-refractivity contribution in [3.63, 3.8) is 0 Å². The first-order valence-corrected chi connectivity index (χ1v) is 12.2. The Hall–Kier alpha value is -2.69. The van der Waals surface area contributed by atoms with Crippen LogP contribution < -0.4 is 0 Å². The van der Waals surface area contributed by atoms with E-state index in [0.717, 1.165) is 5.56 Å². The van der Waals surface area contributed by atoms with Gasteiger partial charge < -0.3 is 14.7 Å². The van der Waals surface area contributed by atoms with Crippen molar-refractivity contribution in [1.29, 1.82) is 0 Å². The van der Waals surface area contributed by atoms with Crippen LogP contribution in [0.1, 0.15) is 12.0 Å². The molecule has 0 spiro atoms. The molecule has 2 atom stereocenters. The third kappa shape index (κ3) is 5.13. The quantitative estimate of drug-likeness (QED) is 0.610. The third-order valence-electron chi connectivity index (χ3n) is 6.28. The minimum atomic E-state index is -3.60. The summed E-state index contributed by atoms with van der Waals surface area (Å²) in [6.45, 7) is 3.32. The van der Waals surface area contributed by atoms with Crippen molar-refractivity contribution in [3.8, 4) is 0 Å². The van der Waals surface area contributed by atoms with E-state index in [4.69, 9.17) is 4.74 Å². The first-order valence-electron chi connectivity index (χ1n) is 10.7. The summed E-state index contributed by atoms with van der Waals surface area (Å²) in [5.74, 6) is -1.07. The molecule has 0 aromatic heterocycles. The highest BCUT2D eigenvalue weighted by molar-refractivity contribution is 7.89. The topological polar surface area (TPSA) is 107 Å².